The van der Waals surface area contributed by atoms with Gasteiger partial charge in [-0.05, 0) is 6.07 Å². The van der Waals surface area contributed by atoms with Crippen LogP contribution in [0.25, 0.3) is 4.96 Å². The number of amides is 1. The molecule has 0 spiro atoms. The molecule has 7 heteroatoms. The molecule has 0 atom stereocenters. The second-order valence-corrected chi connectivity index (χ2v) is 5.14. The highest BCUT2D eigenvalue weighted by atomic mass is 32.1. The maximum atomic E-state index is 11.9. The fraction of sp³-hybridized carbons (Fsp3) is 0.0769. The zero-order chi connectivity index (χ0) is 14.1. The highest BCUT2D eigenvalue weighted by Gasteiger charge is 2.10. The Bertz CT molecular complexity index is 853. The Balaban J connectivity index is 1.98. The minimum Gasteiger partial charge on any atom is -0.365 e. The molecule has 0 radical (unpaired) electrons. The van der Waals surface area contributed by atoms with Crippen molar-refractivity contribution in [2.24, 2.45) is 5.73 Å². The Kier molecular flexibility index (Phi) is 3.03. The van der Waals surface area contributed by atoms with Crippen LogP contribution in [0.15, 0.2) is 47.0 Å². The molecule has 3 aromatic rings. The highest BCUT2D eigenvalue weighted by molar-refractivity contribution is 7.15. The molecular formula is C13H11N4O2S+. The first kappa shape index (κ1) is 12.5. The van der Waals surface area contributed by atoms with Crippen LogP contribution >= 0.6 is 11.3 Å². The minimum atomic E-state index is -0.485. The summed E-state index contributed by atoms with van der Waals surface area (Å²) in [6.45, 7) is 0.408. The van der Waals surface area contributed by atoms with Crippen molar-refractivity contribution in [1.82, 2.24) is 9.38 Å². The molecule has 0 saturated carbocycles. The van der Waals surface area contributed by atoms with Gasteiger partial charge in [-0.1, -0.05) is 0 Å². The number of pyridine rings is 1. The zero-order valence-electron chi connectivity index (χ0n) is 10.4. The van der Waals surface area contributed by atoms with E-state index in [-0.39, 0.29) is 5.56 Å². The second kappa shape index (κ2) is 4.86. The molecule has 100 valence electrons. The smallest absolute Gasteiger partial charge is 0.258 e. The van der Waals surface area contributed by atoms with Crippen molar-refractivity contribution in [3.05, 3.63) is 63.8 Å². The van der Waals surface area contributed by atoms with Gasteiger partial charge >= 0.3 is 0 Å². The molecule has 20 heavy (non-hydrogen) atoms. The maximum absolute atomic E-state index is 11.9. The van der Waals surface area contributed by atoms with E-state index < -0.39 is 5.91 Å². The number of primary amides is 1. The number of nitrogens with two attached hydrogens (primary N) is 1. The largest absolute Gasteiger partial charge is 0.365 e. The Labute approximate surface area is 117 Å². The topological polar surface area (TPSA) is 81.3 Å². The van der Waals surface area contributed by atoms with Gasteiger partial charge in [0.05, 0.1) is 0 Å². The molecule has 0 aliphatic rings. The quantitative estimate of drug-likeness (QED) is 0.698. The predicted molar refractivity (Wildman–Crippen MR) is 73.6 cm³/mol. The highest BCUT2D eigenvalue weighted by Crippen LogP contribution is 2.06. The van der Waals surface area contributed by atoms with Gasteiger partial charge in [0.15, 0.2) is 23.9 Å². The summed E-state index contributed by atoms with van der Waals surface area (Å²) in [6, 6.07) is 4.86. The van der Waals surface area contributed by atoms with Gasteiger partial charge in [-0.25, -0.2) is 4.98 Å². The van der Waals surface area contributed by atoms with Gasteiger partial charge < -0.3 is 5.73 Å². The van der Waals surface area contributed by atoms with Gasteiger partial charge in [-0.3, -0.25) is 14.0 Å². The summed E-state index contributed by atoms with van der Waals surface area (Å²) < 4.78 is 3.27. The van der Waals surface area contributed by atoms with Crippen molar-refractivity contribution in [2.45, 2.75) is 6.54 Å². The lowest BCUT2D eigenvalue weighted by molar-refractivity contribution is -0.688. The third-order valence-electron chi connectivity index (χ3n) is 2.84. The monoisotopic (exact) mass is 287 g/mol. The van der Waals surface area contributed by atoms with Crippen molar-refractivity contribution < 1.29 is 9.36 Å². The van der Waals surface area contributed by atoms with Crippen molar-refractivity contribution in [2.75, 3.05) is 0 Å². The van der Waals surface area contributed by atoms with E-state index in [9.17, 15) is 9.59 Å². The fourth-order valence-corrected chi connectivity index (χ4v) is 2.66. The summed E-state index contributed by atoms with van der Waals surface area (Å²) in [6.07, 6.45) is 5.13. The van der Waals surface area contributed by atoms with Crippen LogP contribution in [-0.2, 0) is 6.54 Å². The van der Waals surface area contributed by atoms with Crippen LogP contribution in [0, 0.1) is 0 Å². The first-order valence-corrected chi connectivity index (χ1v) is 6.76. The standard InChI is InChI=1S/C13H10N4O2S/c14-12(19)9-2-1-3-16(7-9)8-10-6-11(18)17-4-5-20-13(17)15-10/h1-7H,8H2,(H-,14,19)/p+1. The normalized spacial score (nSPS) is 10.8. The summed E-state index contributed by atoms with van der Waals surface area (Å²) in [5.74, 6) is -0.485. The molecule has 0 bridgehead atoms. The van der Waals surface area contributed by atoms with Crippen LogP contribution in [-0.4, -0.2) is 15.3 Å². The van der Waals surface area contributed by atoms with Crippen molar-refractivity contribution in [3.8, 4) is 0 Å². The van der Waals surface area contributed by atoms with Crippen molar-refractivity contribution in [3.63, 3.8) is 0 Å². The Morgan fingerprint density at radius 1 is 1.50 bits per heavy atom. The maximum Gasteiger partial charge on any atom is 0.258 e. The average molecular weight is 287 g/mol. The number of thiazole rings is 1. The summed E-state index contributed by atoms with van der Waals surface area (Å²) in [5.41, 5.74) is 6.19. The van der Waals surface area contributed by atoms with Gasteiger partial charge in [-0.2, -0.15) is 4.57 Å². The number of hydrogen-bond donors (Lipinski definition) is 1. The van der Waals surface area contributed by atoms with E-state index in [0.29, 0.717) is 22.8 Å². The van der Waals surface area contributed by atoms with E-state index in [0.717, 1.165) is 0 Å². The van der Waals surface area contributed by atoms with Gasteiger partial charge in [0.25, 0.3) is 11.5 Å². The number of aromatic nitrogens is 3. The van der Waals surface area contributed by atoms with E-state index >= 15 is 0 Å². The van der Waals surface area contributed by atoms with E-state index in [1.807, 2.05) is 5.38 Å². The molecule has 2 N–H and O–H groups in total. The summed E-state index contributed by atoms with van der Waals surface area (Å²) in [4.78, 5) is 28.1. The SMILES string of the molecule is NC(=O)c1ccc[n+](Cc2cc(=O)n3ccsc3n2)c1. The Hall–Kier alpha value is -2.54. The molecule has 6 nitrogen and oxygen atoms in total. The first-order chi connectivity index (χ1) is 9.63. The van der Waals surface area contributed by atoms with E-state index in [1.165, 1.54) is 21.8 Å². The molecule has 3 aromatic heterocycles. The van der Waals surface area contributed by atoms with Crippen LogP contribution in [0.1, 0.15) is 16.1 Å². The van der Waals surface area contributed by atoms with Crippen LogP contribution in [0.3, 0.4) is 0 Å². The van der Waals surface area contributed by atoms with E-state index in [1.54, 1.807) is 35.3 Å². The van der Waals surface area contributed by atoms with Crippen molar-refractivity contribution in [1.29, 1.82) is 0 Å². The minimum absolute atomic E-state index is 0.113. The van der Waals surface area contributed by atoms with Gasteiger partial charge in [-0.15, -0.1) is 11.3 Å². The molecule has 1 amide bonds. The average Bonchev–Trinajstić information content (AvgIpc) is 2.88. The molecule has 3 rings (SSSR count). The van der Waals surface area contributed by atoms with Crippen LogP contribution in [0.2, 0.25) is 0 Å². The van der Waals surface area contributed by atoms with Crippen LogP contribution in [0.5, 0.6) is 0 Å². The molecule has 0 unspecified atom stereocenters. The van der Waals surface area contributed by atoms with Gasteiger partial charge in [0.2, 0.25) is 0 Å². The Morgan fingerprint density at radius 3 is 3.15 bits per heavy atom. The molecule has 0 aliphatic carbocycles. The number of hydrogen-bond acceptors (Lipinski definition) is 4. The molecular weight excluding hydrogens is 276 g/mol. The lowest BCUT2D eigenvalue weighted by Crippen LogP contribution is -2.36. The van der Waals surface area contributed by atoms with E-state index in [4.69, 9.17) is 5.73 Å². The number of rotatable bonds is 3. The van der Waals surface area contributed by atoms with Gasteiger partial charge in [0.1, 0.15) is 11.3 Å². The number of fused-ring (bicyclic) bond motifs is 1. The molecule has 0 aliphatic heterocycles. The number of nitrogens with zero attached hydrogens (tertiary/aromatic N) is 3. The zero-order valence-corrected chi connectivity index (χ0v) is 11.2. The van der Waals surface area contributed by atoms with E-state index in [2.05, 4.69) is 4.98 Å². The first-order valence-electron chi connectivity index (χ1n) is 5.88. The summed E-state index contributed by atoms with van der Waals surface area (Å²) >= 11 is 1.40. The molecule has 0 fully saturated rings. The second-order valence-electron chi connectivity index (χ2n) is 4.27. The Morgan fingerprint density at radius 2 is 2.35 bits per heavy atom. The number of carbonyl (C=O) groups excluding carboxylic acids is 1. The van der Waals surface area contributed by atoms with Gasteiger partial charge in [0, 0.05) is 23.7 Å². The van der Waals surface area contributed by atoms with Crippen LogP contribution in [0.4, 0.5) is 0 Å². The third-order valence-corrected chi connectivity index (χ3v) is 3.60. The van der Waals surface area contributed by atoms with Crippen molar-refractivity contribution >= 4 is 22.2 Å². The fourth-order valence-electron chi connectivity index (χ4n) is 1.92. The number of carbonyl (C=O) groups is 1. The summed E-state index contributed by atoms with van der Waals surface area (Å²) in [5, 5.41) is 1.81. The van der Waals surface area contributed by atoms with Crippen LogP contribution < -0.4 is 15.9 Å². The molecule has 3 heterocycles. The predicted octanol–water partition coefficient (Wildman–Crippen LogP) is 0.191. The lowest BCUT2D eigenvalue weighted by atomic mass is 10.2. The third kappa shape index (κ3) is 2.30. The molecule has 0 aromatic carbocycles. The summed E-state index contributed by atoms with van der Waals surface area (Å²) in [7, 11) is 0. The molecule has 0 saturated heterocycles. The lowest BCUT2D eigenvalue weighted by Gasteiger charge is -1.99.